The minimum atomic E-state index is -0.327. The zero-order valence-electron chi connectivity index (χ0n) is 10.2. The van der Waals surface area contributed by atoms with Crippen LogP contribution in [-0.4, -0.2) is 6.29 Å². The Morgan fingerprint density at radius 1 is 1.21 bits per heavy atom. The van der Waals surface area contributed by atoms with Crippen molar-refractivity contribution in [2.45, 2.75) is 13.3 Å². The summed E-state index contributed by atoms with van der Waals surface area (Å²) in [7, 11) is 0. The third kappa shape index (κ3) is 2.65. The molecule has 0 heterocycles. The van der Waals surface area contributed by atoms with Crippen molar-refractivity contribution in [2.24, 2.45) is 0 Å². The first-order valence-corrected chi connectivity index (χ1v) is 6.56. The van der Waals surface area contributed by atoms with Gasteiger partial charge in [0.15, 0.2) is 6.29 Å². The normalized spacial score (nSPS) is 10.5. The lowest BCUT2D eigenvalue weighted by atomic mass is 9.95. The van der Waals surface area contributed by atoms with Gasteiger partial charge in [0, 0.05) is 5.56 Å². The van der Waals surface area contributed by atoms with E-state index in [1.165, 1.54) is 12.1 Å². The van der Waals surface area contributed by atoms with Gasteiger partial charge in [-0.3, -0.25) is 4.79 Å². The second-order valence-corrected chi connectivity index (χ2v) is 4.88. The van der Waals surface area contributed by atoms with E-state index in [2.05, 4.69) is 0 Å². The summed E-state index contributed by atoms with van der Waals surface area (Å²) in [5.41, 5.74) is 2.62. The molecule has 2 aromatic rings. The highest BCUT2D eigenvalue weighted by Crippen LogP contribution is 2.36. The van der Waals surface area contributed by atoms with Crippen molar-refractivity contribution >= 4 is 29.5 Å². The first-order valence-electron chi connectivity index (χ1n) is 5.80. The molecule has 0 unspecified atom stereocenters. The third-order valence-corrected chi connectivity index (χ3v) is 3.81. The molecule has 0 aliphatic carbocycles. The van der Waals surface area contributed by atoms with E-state index in [0.717, 1.165) is 11.8 Å². The van der Waals surface area contributed by atoms with E-state index in [9.17, 15) is 9.18 Å². The molecule has 1 nitrogen and oxygen atoms in total. The first-order chi connectivity index (χ1) is 9.08. The van der Waals surface area contributed by atoms with Crippen LogP contribution in [0.1, 0.15) is 22.8 Å². The van der Waals surface area contributed by atoms with Gasteiger partial charge in [0.25, 0.3) is 0 Å². The largest absolute Gasteiger partial charge is 0.298 e. The van der Waals surface area contributed by atoms with Crippen molar-refractivity contribution in [3.05, 3.63) is 57.3 Å². The predicted octanol–water partition coefficient (Wildman–Crippen LogP) is 5.17. The van der Waals surface area contributed by atoms with E-state index >= 15 is 0 Å². The average Bonchev–Trinajstić information content (AvgIpc) is 2.42. The highest BCUT2D eigenvalue weighted by atomic mass is 35.5. The Morgan fingerprint density at radius 3 is 2.37 bits per heavy atom. The molecule has 0 atom stereocenters. The number of carbonyl (C=O) groups excluding carboxylic acids is 1. The zero-order chi connectivity index (χ0) is 14.0. The summed E-state index contributed by atoms with van der Waals surface area (Å²) in [6, 6.07) is 7.55. The average molecular weight is 297 g/mol. The molecule has 0 fully saturated rings. The topological polar surface area (TPSA) is 17.1 Å². The molecule has 0 bridgehead atoms. The Labute approximate surface area is 121 Å². The smallest absolute Gasteiger partial charge is 0.151 e. The lowest BCUT2D eigenvalue weighted by molar-refractivity contribution is 0.112. The van der Waals surface area contributed by atoms with Crippen molar-refractivity contribution in [1.29, 1.82) is 0 Å². The number of hydrogen-bond acceptors (Lipinski definition) is 1. The van der Waals surface area contributed by atoms with Crippen molar-refractivity contribution in [3.63, 3.8) is 0 Å². The van der Waals surface area contributed by atoms with Gasteiger partial charge in [-0.05, 0) is 41.3 Å². The molecule has 0 N–H and O–H groups in total. The molecule has 0 saturated carbocycles. The predicted molar refractivity (Wildman–Crippen MR) is 76.6 cm³/mol. The monoisotopic (exact) mass is 296 g/mol. The van der Waals surface area contributed by atoms with Gasteiger partial charge < -0.3 is 0 Å². The van der Waals surface area contributed by atoms with Crippen molar-refractivity contribution in [2.75, 3.05) is 0 Å². The molecule has 19 heavy (non-hydrogen) atoms. The SMILES string of the molecule is CCc1c(Cl)c(Cl)cc(-c2ccc(F)cc2)c1C=O. The summed E-state index contributed by atoms with van der Waals surface area (Å²) in [4.78, 5) is 11.3. The molecule has 0 aliphatic heterocycles. The maximum Gasteiger partial charge on any atom is 0.151 e. The minimum absolute atomic E-state index is 0.327. The van der Waals surface area contributed by atoms with Crippen molar-refractivity contribution in [3.8, 4) is 11.1 Å². The fourth-order valence-electron chi connectivity index (χ4n) is 2.04. The highest BCUT2D eigenvalue weighted by molar-refractivity contribution is 6.43. The molecular weight excluding hydrogens is 286 g/mol. The molecule has 2 rings (SSSR count). The number of benzene rings is 2. The van der Waals surface area contributed by atoms with Crippen LogP contribution in [0.2, 0.25) is 10.0 Å². The lowest BCUT2D eigenvalue weighted by Crippen LogP contribution is -1.97. The molecule has 0 amide bonds. The van der Waals surface area contributed by atoms with Crippen molar-refractivity contribution < 1.29 is 9.18 Å². The summed E-state index contributed by atoms with van der Waals surface area (Å²) in [6.45, 7) is 1.90. The first kappa shape index (κ1) is 14.0. The minimum Gasteiger partial charge on any atom is -0.298 e. The number of hydrogen-bond donors (Lipinski definition) is 0. The summed E-state index contributed by atoms with van der Waals surface area (Å²) in [5.74, 6) is -0.327. The number of rotatable bonds is 3. The lowest BCUT2D eigenvalue weighted by Gasteiger charge is -2.13. The van der Waals surface area contributed by atoms with E-state index in [0.29, 0.717) is 33.2 Å². The van der Waals surface area contributed by atoms with E-state index in [4.69, 9.17) is 23.2 Å². The highest BCUT2D eigenvalue weighted by Gasteiger charge is 2.15. The van der Waals surface area contributed by atoms with E-state index in [-0.39, 0.29) is 5.82 Å². The number of aldehydes is 1. The molecule has 2 aromatic carbocycles. The molecule has 0 radical (unpaired) electrons. The van der Waals surface area contributed by atoms with Gasteiger partial charge in [-0.25, -0.2) is 4.39 Å². The van der Waals surface area contributed by atoms with Crippen LogP contribution in [0.5, 0.6) is 0 Å². The Bertz CT molecular complexity index is 621. The fourth-order valence-corrected chi connectivity index (χ4v) is 2.55. The molecule has 98 valence electrons. The molecule has 0 saturated heterocycles. The summed E-state index contributed by atoms with van der Waals surface area (Å²) < 4.78 is 13.0. The number of halogens is 3. The van der Waals surface area contributed by atoms with Crippen LogP contribution >= 0.6 is 23.2 Å². The maximum absolute atomic E-state index is 13.0. The maximum atomic E-state index is 13.0. The van der Waals surface area contributed by atoms with E-state index < -0.39 is 0 Å². The van der Waals surface area contributed by atoms with Gasteiger partial charge in [0.2, 0.25) is 0 Å². The van der Waals surface area contributed by atoms with Crippen LogP contribution in [0, 0.1) is 5.82 Å². The summed E-state index contributed by atoms with van der Waals surface area (Å²) in [6.07, 6.45) is 1.36. The van der Waals surface area contributed by atoms with Crippen LogP contribution in [0.25, 0.3) is 11.1 Å². The standard InChI is InChI=1S/C15H11Cl2FO/c1-2-11-13(8-19)12(7-14(16)15(11)17)9-3-5-10(18)6-4-9/h3-8H,2H2,1H3. The van der Waals surface area contributed by atoms with Gasteiger partial charge in [-0.2, -0.15) is 0 Å². The van der Waals surface area contributed by atoms with E-state index in [1.807, 2.05) is 6.92 Å². The Hall–Kier alpha value is -1.38. The van der Waals surface area contributed by atoms with Crippen LogP contribution in [-0.2, 0) is 6.42 Å². The van der Waals surface area contributed by atoms with Crippen LogP contribution < -0.4 is 0 Å². The third-order valence-electron chi connectivity index (χ3n) is 2.99. The van der Waals surface area contributed by atoms with Gasteiger partial charge in [-0.1, -0.05) is 42.3 Å². The molecule has 0 aromatic heterocycles. The molecule has 0 spiro atoms. The zero-order valence-corrected chi connectivity index (χ0v) is 11.7. The van der Waals surface area contributed by atoms with Crippen LogP contribution in [0.4, 0.5) is 4.39 Å². The van der Waals surface area contributed by atoms with Crippen molar-refractivity contribution in [1.82, 2.24) is 0 Å². The van der Waals surface area contributed by atoms with Crippen LogP contribution in [0.3, 0.4) is 0 Å². The Balaban J connectivity index is 2.72. The number of carbonyl (C=O) groups is 1. The molecule has 4 heteroatoms. The van der Waals surface area contributed by atoms with Crippen LogP contribution in [0.15, 0.2) is 30.3 Å². The molecular formula is C15H11Cl2FO. The summed E-state index contributed by atoms with van der Waals surface area (Å²) in [5, 5.41) is 0.792. The fraction of sp³-hybridized carbons (Fsp3) is 0.133. The van der Waals surface area contributed by atoms with E-state index in [1.54, 1.807) is 18.2 Å². The quantitative estimate of drug-likeness (QED) is 0.714. The van der Waals surface area contributed by atoms with Gasteiger partial charge >= 0.3 is 0 Å². The van der Waals surface area contributed by atoms with Gasteiger partial charge in [0.05, 0.1) is 10.0 Å². The Morgan fingerprint density at radius 2 is 1.84 bits per heavy atom. The second-order valence-electron chi connectivity index (χ2n) is 4.09. The second kappa shape index (κ2) is 5.72. The molecule has 0 aliphatic rings. The van der Waals surface area contributed by atoms with Gasteiger partial charge in [-0.15, -0.1) is 0 Å². The Kier molecular flexibility index (Phi) is 4.23. The summed E-state index contributed by atoms with van der Waals surface area (Å²) >= 11 is 12.2. The van der Waals surface area contributed by atoms with Gasteiger partial charge in [0.1, 0.15) is 5.82 Å².